The lowest BCUT2D eigenvalue weighted by Crippen LogP contribution is -2.28. The van der Waals surface area contributed by atoms with Gasteiger partial charge in [0.1, 0.15) is 5.75 Å². The summed E-state index contributed by atoms with van der Waals surface area (Å²) < 4.78 is 7.34. The normalized spacial score (nSPS) is 19.4. The first-order valence-corrected chi connectivity index (χ1v) is 8.07. The van der Waals surface area contributed by atoms with Gasteiger partial charge in [-0.05, 0) is 40.6 Å². The Kier molecular flexibility index (Phi) is 3.82. The molecule has 2 unspecified atom stereocenters. The molecule has 2 atom stereocenters. The molecule has 7 heteroatoms. The van der Waals surface area contributed by atoms with Gasteiger partial charge in [0.05, 0.1) is 19.2 Å². The summed E-state index contributed by atoms with van der Waals surface area (Å²) in [5.41, 5.74) is 2.21. The zero-order valence-electron chi connectivity index (χ0n) is 13.1. The van der Waals surface area contributed by atoms with Crippen molar-refractivity contribution >= 4 is 17.5 Å². The molecule has 2 aromatic carbocycles. The van der Waals surface area contributed by atoms with Gasteiger partial charge in [0, 0.05) is 10.6 Å². The molecule has 0 bridgehead atoms. The molecule has 1 aliphatic heterocycles. The second-order valence-corrected chi connectivity index (χ2v) is 6.13. The predicted molar refractivity (Wildman–Crippen MR) is 91.4 cm³/mol. The van der Waals surface area contributed by atoms with Crippen LogP contribution in [0, 0.1) is 0 Å². The van der Waals surface area contributed by atoms with E-state index in [1.165, 1.54) is 0 Å². The Bertz CT molecular complexity index is 848. The maximum atomic E-state index is 6.00. The van der Waals surface area contributed by atoms with Gasteiger partial charge in [0.2, 0.25) is 5.95 Å². The van der Waals surface area contributed by atoms with Gasteiger partial charge in [-0.2, -0.15) is 0 Å². The molecule has 1 aromatic heterocycles. The Morgan fingerprint density at radius 3 is 2.75 bits per heavy atom. The van der Waals surface area contributed by atoms with Gasteiger partial charge in [0.25, 0.3) is 0 Å². The number of methoxy groups -OCH3 is 1. The summed E-state index contributed by atoms with van der Waals surface area (Å²) in [6, 6.07) is 15.9. The van der Waals surface area contributed by atoms with Crippen LogP contribution in [0.2, 0.25) is 5.02 Å². The zero-order valence-corrected chi connectivity index (χ0v) is 13.8. The van der Waals surface area contributed by atoms with Crippen molar-refractivity contribution in [2.45, 2.75) is 18.5 Å². The molecule has 3 aromatic rings. The summed E-state index contributed by atoms with van der Waals surface area (Å²) in [6.45, 7) is 0. The number of nitrogens with zero attached hydrogens (tertiary/aromatic N) is 4. The molecule has 1 aliphatic rings. The van der Waals surface area contributed by atoms with Crippen LogP contribution in [0.5, 0.6) is 5.75 Å². The molecule has 6 nitrogen and oxygen atoms in total. The average molecular weight is 342 g/mol. The number of tetrazole rings is 1. The Labute approximate surface area is 144 Å². The molecule has 0 aliphatic carbocycles. The number of nitrogens with one attached hydrogen (secondary N) is 1. The highest BCUT2D eigenvalue weighted by Crippen LogP contribution is 2.40. The minimum Gasteiger partial charge on any atom is -0.496 e. The van der Waals surface area contributed by atoms with Crippen LogP contribution in [0.4, 0.5) is 5.95 Å². The standard InChI is InChI=1S/C17H16ClN5O/c1-24-16-5-3-2-4-13(16)15-10-14(11-6-8-12(18)9-7-11)19-17-20-21-22-23(15)17/h2-9,14-15H,10H2,1H3,(H,19,20,22). The number of para-hydroxylation sites is 1. The van der Waals surface area contributed by atoms with Crippen molar-refractivity contribution in [3.8, 4) is 5.75 Å². The number of anilines is 1. The summed E-state index contributed by atoms with van der Waals surface area (Å²) in [6.07, 6.45) is 0.806. The van der Waals surface area contributed by atoms with Gasteiger partial charge < -0.3 is 10.1 Å². The zero-order chi connectivity index (χ0) is 16.5. The largest absolute Gasteiger partial charge is 0.496 e. The minimum atomic E-state index is -0.00641. The quantitative estimate of drug-likeness (QED) is 0.790. The van der Waals surface area contributed by atoms with Crippen molar-refractivity contribution in [2.75, 3.05) is 12.4 Å². The summed E-state index contributed by atoms with van der Waals surface area (Å²) in [7, 11) is 1.68. The number of rotatable bonds is 3. The first-order chi connectivity index (χ1) is 11.8. The van der Waals surface area contributed by atoms with Crippen LogP contribution in [-0.2, 0) is 0 Å². The molecule has 2 heterocycles. The van der Waals surface area contributed by atoms with E-state index in [1.54, 1.807) is 7.11 Å². The number of hydrogen-bond acceptors (Lipinski definition) is 5. The van der Waals surface area contributed by atoms with E-state index in [-0.39, 0.29) is 12.1 Å². The molecular formula is C17H16ClN5O. The molecule has 0 amide bonds. The Morgan fingerprint density at radius 2 is 1.96 bits per heavy atom. The summed E-state index contributed by atoms with van der Waals surface area (Å²) in [5, 5.41) is 16.2. The van der Waals surface area contributed by atoms with Crippen LogP contribution in [-0.4, -0.2) is 27.3 Å². The Hall–Kier alpha value is -2.60. The van der Waals surface area contributed by atoms with Crippen LogP contribution >= 0.6 is 11.6 Å². The van der Waals surface area contributed by atoms with Gasteiger partial charge in [0.15, 0.2) is 0 Å². The van der Waals surface area contributed by atoms with Gasteiger partial charge in [-0.25, -0.2) is 4.68 Å². The SMILES string of the molecule is COc1ccccc1C1CC(c2ccc(Cl)cc2)Nc2nnnn21. The smallest absolute Gasteiger partial charge is 0.243 e. The summed E-state index contributed by atoms with van der Waals surface area (Å²) in [5.74, 6) is 1.48. The lowest BCUT2D eigenvalue weighted by Gasteiger charge is -2.31. The average Bonchev–Trinajstić information content (AvgIpc) is 3.10. The highest BCUT2D eigenvalue weighted by Gasteiger charge is 2.32. The number of halogens is 1. The van der Waals surface area contributed by atoms with E-state index in [1.807, 2.05) is 47.1 Å². The van der Waals surface area contributed by atoms with Crippen molar-refractivity contribution in [3.05, 3.63) is 64.7 Å². The molecule has 0 fully saturated rings. The van der Waals surface area contributed by atoms with Crippen molar-refractivity contribution in [1.82, 2.24) is 20.2 Å². The monoisotopic (exact) mass is 341 g/mol. The first kappa shape index (κ1) is 15.0. The fourth-order valence-corrected chi connectivity index (χ4v) is 3.28. The topological polar surface area (TPSA) is 64.9 Å². The number of fused-ring (bicyclic) bond motifs is 1. The molecule has 0 saturated heterocycles. The van der Waals surface area contributed by atoms with E-state index in [0.717, 1.165) is 28.3 Å². The van der Waals surface area contributed by atoms with Crippen molar-refractivity contribution in [3.63, 3.8) is 0 Å². The van der Waals surface area contributed by atoms with Crippen LogP contribution in [0.3, 0.4) is 0 Å². The third-order valence-electron chi connectivity index (χ3n) is 4.32. The van der Waals surface area contributed by atoms with Gasteiger partial charge >= 0.3 is 0 Å². The molecule has 122 valence electrons. The minimum absolute atomic E-state index is 0.00641. The second-order valence-electron chi connectivity index (χ2n) is 5.69. The number of aromatic nitrogens is 4. The summed E-state index contributed by atoms with van der Waals surface area (Å²) in [4.78, 5) is 0. The highest BCUT2D eigenvalue weighted by atomic mass is 35.5. The molecule has 0 saturated carbocycles. The maximum Gasteiger partial charge on any atom is 0.243 e. The molecule has 0 radical (unpaired) electrons. The predicted octanol–water partition coefficient (Wildman–Crippen LogP) is 3.48. The van der Waals surface area contributed by atoms with E-state index in [0.29, 0.717) is 5.95 Å². The molecule has 0 spiro atoms. The van der Waals surface area contributed by atoms with E-state index < -0.39 is 0 Å². The molecule has 4 rings (SSSR count). The van der Waals surface area contributed by atoms with Crippen LogP contribution in [0.1, 0.15) is 29.6 Å². The lowest BCUT2D eigenvalue weighted by molar-refractivity contribution is 0.377. The molecular weight excluding hydrogens is 326 g/mol. The van der Waals surface area contributed by atoms with Crippen LogP contribution in [0.25, 0.3) is 0 Å². The molecule has 1 N–H and O–H groups in total. The van der Waals surface area contributed by atoms with E-state index in [9.17, 15) is 0 Å². The summed E-state index contributed by atoms with van der Waals surface area (Å²) >= 11 is 6.00. The number of hydrogen-bond donors (Lipinski definition) is 1. The first-order valence-electron chi connectivity index (χ1n) is 7.69. The third kappa shape index (κ3) is 2.59. The van der Waals surface area contributed by atoms with Crippen molar-refractivity contribution < 1.29 is 4.74 Å². The fraction of sp³-hybridized carbons (Fsp3) is 0.235. The number of benzene rings is 2. The Balaban J connectivity index is 1.75. The van der Waals surface area contributed by atoms with Crippen LogP contribution in [0.15, 0.2) is 48.5 Å². The van der Waals surface area contributed by atoms with E-state index >= 15 is 0 Å². The van der Waals surface area contributed by atoms with E-state index in [4.69, 9.17) is 16.3 Å². The van der Waals surface area contributed by atoms with Gasteiger partial charge in [-0.3, -0.25) is 0 Å². The fourth-order valence-electron chi connectivity index (χ4n) is 3.15. The number of ether oxygens (including phenoxy) is 1. The highest BCUT2D eigenvalue weighted by molar-refractivity contribution is 6.30. The third-order valence-corrected chi connectivity index (χ3v) is 4.57. The lowest BCUT2D eigenvalue weighted by atomic mass is 9.93. The van der Waals surface area contributed by atoms with Crippen LogP contribution < -0.4 is 10.1 Å². The second kappa shape index (κ2) is 6.13. The van der Waals surface area contributed by atoms with Crippen molar-refractivity contribution in [2.24, 2.45) is 0 Å². The van der Waals surface area contributed by atoms with Gasteiger partial charge in [-0.1, -0.05) is 47.0 Å². The van der Waals surface area contributed by atoms with E-state index in [2.05, 4.69) is 26.9 Å². The van der Waals surface area contributed by atoms with Crippen molar-refractivity contribution in [1.29, 1.82) is 0 Å². The molecule has 24 heavy (non-hydrogen) atoms. The Morgan fingerprint density at radius 1 is 1.17 bits per heavy atom. The van der Waals surface area contributed by atoms with Gasteiger partial charge in [-0.15, -0.1) is 0 Å². The maximum absolute atomic E-state index is 6.00.